The number of amides is 1. The van der Waals surface area contributed by atoms with Gasteiger partial charge in [0.1, 0.15) is 5.69 Å². The van der Waals surface area contributed by atoms with Crippen LogP contribution in [-0.4, -0.2) is 12.7 Å². The molecule has 0 atom stereocenters. The number of ether oxygens (including phenoxy) is 1. The molecule has 1 heterocycles. The third-order valence-corrected chi connectivity index (χ3v) is 1.51. The summed E-state index contributed by atoms with van der Waals surface area (Å²) in [6.45, 7) is 2.03. The first-order valence-corrected chi connectivity index (χ1v) is 4.14. The summed E-state index contributed by atoms with van der Waals surface area (Å²) in [5.74, 6) is 0.718. The van der Waals surface area contributed by atoms with Gasteiger partial charge in [-0.15, -0.1) is 0 Å². The molecule has 1 aromatic rings. The topological polar surface area (TPSA) is 105 Å². The molecule has 0 saturated heterocycles. The van der Waals surface area contributed by atoms with Crippen molar-refractivity contribution < 1.29 is 26.9 Å². The van der Waals surface area contributed by atoms with E-state index in [2.05, 4.69) is 15.0 Å². The Balaban J connectivity index is 0.00000196. The van der Waals surface area contributed by atoms with E-state index in [1.807, 2.05) is 0 Å². The summed E-state index contributed by atoms with van der Waals surface area (Å²) in [6.07, 6.45) is -0.544. The van der Waals surface area contributed by atoms with Gasteiger partial charge in [-0.3, -0.25) is 5.32 Å². The van der Waals surface area contributed by atoms with Crippen molar-refractivity contribution in [1.82, 2.24) is 0 Å². The average Bonchev–Trinajstić information content (AvgIpc) is 2.10. The molecule has 0 fully saturated rings. The lowest BCUT2D eigenvalue weighted by molar-refractivity contribution is -0.341. The number of carbonyl (C=O) groups is 1. The summed E-state index contributed by atoms with van der Waals surface area (Å²) >= 11 is 0. The van der Waals surface area contributed by atoms with Crippen LogP contribution in [0.25, 0.3) is 0 Å². The Labute approximate surface area is 93.4 Å². The van der Waals surface area contributed by atoms with E-state index in [0.29, 0.717) is 18.1 Å². The van der Waals surface area contributed by atoms with Crippen LogP contribution in [0.4, 0.5) is 22.1 Å². The Kier molecular flexibility index (Phi) is 5.25. The summed E-state index contributed by atoms with van der Waals surface area (Å²) in [5.41, 5.74) is 11.4. The lowest BCUT2D eigenvalue weighted by Crippen LogP contribution is -3.00. The molecule has 0 spiro atoms. The maximum Gasteiger partial charge on any atom is 0.411 e. The standard InChI is InChI=1S/C8H12N4O2.ClH/c1-2-14-8(13)11-5-3-4-6(9)12-7(5)10;/h3-4H,2H2,1H3,(H,11,13)(H4,9,10,12);1H. The van der Waals surface area contributed by atoms with E-state index in [9.17, 15) is 4.79 Å². The molecule has 0 aliphatic carbocycles. The number of nitrogens with one attached hydrogen (secondary N) is 2. The van der Waals surface area contributed by atoms with Crippen LogP contribution in [0.1, 0.15) is 6.92 Å². The molecule has 1 aromatic heterocycles. The fourth-order valence-electron chi connectivity index (χ4n) is 0.914. The predicted octanol–water partition coefficient (Wildman–Crippen LogP) is -2.76. The van der Waals surface area contributed by atoms with Gasteiger partial charge in [0.15, 0.2) is 0 Å². The van der Waals surface area contributed by atoms with Gasteiger partial charge in [-0.25, -0.2) is 9.78 Å². The molecule has 6 nitrogen and oxygen atoms in total. The van der Waals surface area contributed by atoms with Crippen molar-refractivity contribution in [3.05, 3.63) is 12.1 Å². The molecule has 0 aliphatic heterocycles. The number of aromatic nitrogens is 1. The van der Waals surface area contributed by atoms with Gasteiger partial charge in [0.2, 0.25) is 11.6 Å². The van der Waals surface area contributed by atoms with Crippen molar-refractivity contribution >= 4 is 23.4 Å². The van der Waals surface area contributed by atoms with E-state index in [0.717, 1.165) is 0 Å². The van der Waals surface area contributed by atoms with Gasteiger partial charge in [-0.2, -0.15) is 0 Å². The molecular weight excluding hydrogens is 220 g/mol. The van der Waals surface area contributed by atoms with Crippen LogP contribution >= 0.6 is 0 Å². The zero-order chi connectivity index (χ0) is 10.6. The molecule has 0 radical (unpaired) electrons. The highest BCUT2D eigenvalue weighted by molar-refractivity contribution is 5.87. The lowest BCUT2D eigenvalue weighted by atomic mass is 10.4. The highest BCUT2D eigenvalue weighted by atomic mass is 35.5. The van der Waals surface area contributed by atoms with Crippen molar-refractivity contribution in [2.75, 3.05) is 23.4 Å². The monoisotopic (exact) mass is 232 g/mol. The molecule has 0 saturated carbocycles. The number of nitrogen functional groups attached to an aromatic ring is 2. The second-order valence-electron chi connectivity index (χ2n) is 2.59. The number of carbonyl (C=O) groups excluding carboxylic acids is 1. The van der Waals surface area contributed by atoms with E-state index >= 15 is 0 Å². The number of hydrogen-bond donors (Lipinski definition) is 3. The Bertz CT molecular complexity index is 345. The first-order chi connectivity index (χ1) is 6.63. The Hall–Kier alpha value is -1.69. The second-order valence-corrected chi connectivity index (χ2v) is 2.59. The van der Waals surface area contributed by atoms with Crippen LogP contribution < -0.4 is 34.2 Å². The van der Waals surface area contributed by atoms with Gasteiger partial charge in [-0.05, 0) is 13.0 Å². The number of rotatable bonds is 2. The van der Waals surface area contributed by atoms with E-state index in [4.69, 9.17) is 11.5 Å². The van der Waals surface area contributed by atoms with E-state index < -0.39 is 6.09 Å². The summed E-state index contributed by atoms with van der Waals surface area (Å²) < 4.78 is 4.68. The smallest absolute Gasteiger partial charge is 0.411 e. The third-order valence-electron chi connectivity index (χ3n) is 1.51. The van der Waals surface area contributed by atoms with Crippen LogP contribution in [0, 0.1) is 0 Å². The van der Waals surface area contributed by atoms with Crippen LogP contribution in [0.5, 0.6) is 0 Å². The summed E-state index contributed by atoms with van der Waals surface area (Å²) in [5, 5.41) is 2.47. The number of aromatic amines is 1. The zero-order valence-corrected chi connectivity index (χ0v) is 8.97. The minimum absolute atomic E-state index is 0. The van der Waals surface area contributed by atoms with Crippen molar-refractivity contribution in [3.63, 3.8) is 0 Å². The van der Waals surface area contributed by atoms with Crippen molar-refractivity contribution in [1.29, 1.82) is 0 Å². The molecule has 7 heteroatoms. The maximum atomic E-state index is 11.0. The molecule has 0 aromatic carbocycles. The van der Waals surface area contributed by atoms with Gasteiger partial charge < -0.3 is 28.6 Å². The maximum absolute atomic E-state index is 11.0. The Morgan fingerprint density at radius 3 is 2.73 bits per heavy atom. The first-order valence-electron chi connectivity index (χ1n) is 4.14. The molecular formula is C8H13ClN4O2. The average molecular weight is 233 g/mol. The van der Waals surface area contributed by atoms with Crippen molar-refractivity contribution in [2.24, 2.45) is 0 Å². The van der Waals surface area contributed by atoms with E-state index in [1.165, 1.54) is 0 Å². The molecule has 0 aliphatic rings. The highest BCUT2D eigenvalue weighted by Gasteiger charge is 2.08. The summed E-state index contributed by atoms with van der Waals surface area (Å²) in [7, 11) is 0. The molecule has 0 unspecified atom stereocenters. The van der Waals surface area contributed by atoms with E-state index in [1.54, 1.807) is 19.1 Å². The number of hydrogen-bond acceptors (Lipinski definition) is 4. The number of halogens is 1. The summed E-state index contributed by atoms with van der Waals surface area (Å²) in [4.78, 5) is 13.7. The van der Waals surface area contributed by atoms with Crippen LogP contribution in [0.15, 0.2) is 12.1 Å². The third kappa shape index (κ3) is 3.90. The Morgan fingerprint density at radius 1 is 1.53 bits per heavy atom. The molecule has 1 amide bonds. The minimum Gasteiger partial charge on any atom is -1.00 e. The quantitative estimate of drug-likeness (QED) is 0.514. The molecule has 0 bridgehead atoms. The summed E-state index contributed by atoms with van der Waals surface area (Å²) in [6, 6.07) is 3.19. The minimum atomic E-state index is -0.544. The molecule has 15 heavy (non-hydrogen) atoms. The Morgan fingerprint density at radius 2 is 2.20 bits per heavy atom. The molecule has 1 rings (SSSR count). The molecule has 6 N–H and O–H groups in total. The van der Waals surface area contributed by atoms with E-state index in [-0.39, 0.29) is 18.2 Å². The number of nitrogens with two attached hydrogens (primary N) is 2. The van der Waals surface area contributed by atoms with Crippen molar-refractivity contribution in [3.8, 4) is 0 Å². The SMILES string of the molecule is CCOC(=O)Nc1ccc(N)[nH+]c1N.[Cl-]. The fourth-order valence-corrected chi connectivity index (χ4v) is 0.914. The predicted molar refractivity (Wildman–Crippen MR) is 52.5 cm³/mol. The van der Waals surface area contributed by atoms with Gasteiger partial charge in [0, 0.05) is 6.07 Å². The van der Waals surface area contributed by atoms with Crippen LogP contribution in [0.2, 0.25) is 0 Å². The largest absolute Gasteiger partial charge is 1.00 e. The van der Waals surface area contributed by atoms with Crippen molar-refractivity contribution in [2.45, 2.75) is 6.92 Å². The zero-order valence-electron chi connectivity index (χ0n) is 8.21. The highest BCUT2D eigenvalue weighted by Crippen LogP contribution is 2.13. The van der Waals surface area contributed by atoms with Gasteiger partial charge in [-0.1, -0.05) is 0 Å². The second kappa shape index (κ2) is 5.92. The normalized spacial score (nSPS) is 8.87. The molecule has 84 valence electrons. The number of H-pyrrole nitrogens is 1. The lowest BCUT2D eigenvalue weighted by Gasteiger charge is -2.05. The van der Waals surface area contributed by atoms with Crippen LogP contribution in [0.3, 0.4) is 0 Å². The van der Waals surface area contributed by atoms with Gasteiger partial charge in [0.25, 0.3) is 0 Å². The van der Waals surface area contributed by atoms with Gasteiger partial charge >= 0.3 is 6.09 Å². The van der Waals surface area contributed by atoms with Crippen LogP contribution in [-0.2, 0) is 4.74 Å². The first kappa shape index (κ1) is 13.3. The number of pyridine rings is 1. The fraction of sp³-hybridized carbons (Fsp3) is 0.250. The van der Waals surface area contributed by atoms with Gasteiger partial charge in [0.05, 0.1) is 6.61 Å². The number of anilines is 3.